The van der Waals surface area contributed by atoms with Crippen LogP contribution < -0.4 is 0 Å². The number of hydrogen-bond donors (Lipinski definition) is 0. The number of aromatic nitrogens is 2. The van der Waals surface area contributed by atoms with Crippen molar-refractivity contribution in [3.8, 4) is 0 Å². The molecule has 0 saturated heterocycles. The summed E-state index contributed by atoms with van der Waals surface area (Å²) in [6, 6.07) is 0. The Morgan fingerprint density at radius 3 is 1.75 bits per heavy atom. The lowest BCUT2D eigenvalue weighted by Gasteiger charge is -1.96. The Morgan fingerprint density at radius 2 is 1.38 bits per heavy atom. The van der Waals surface area contributed by atoms with Crippen LogP contribution in [0.5, 0.6) is 0 Å². The first-order chi connectivity index (χ1) is 7.95. The molecule has 0 unspecified atom stereocenters. The lowest BCUT2D eigenvalue weighted by atomic mass is 10.6. The van der Waals surface area contributed by atoms with Crippen molar-refractivity contribution in [2.24, 2.45) is 0 Å². The Bertz CT molecular complexity index is 340. The Labute approximate surface area is 108 Å². The predicted molar refractivity (Wildman–Crippen MR) is 70.8 cm³/mol. The summed E-state index contributed by atoms with van der Waals surface area (Å²) in [5, 5.41) is 0. The van der Waals surface area contributed by atoms with Gasteiger partial charge < -0.3 is 8.83 Å². The van der Waals surface area contributed by atoms with Crippen LogP contribution in [-0.2, 0) is 11.5 Å². The molecular formula is C8H8N2O2S4. The van der Waals surface area contributed by atoms with Crippen molar-refractivity contribution in [1.82, 2.24) is 9.97 Å². The molecule has 2 heterocycles. The highest BCUT2D eigenvalue weighted by atomic mass is 33.7. The van der Waals surface area contributed by atoms with Crippen molar-refractivity contribution in [3.05, 3.63) is 36.7 Å². The maximum absolute atomic E-state index is 4.88. The van der Waals surface area contributed by atoms with Gasteiger partial charge in [-0.1, -0.05) is 21.6 Å². The molecule has 4 nitrogen and oxygen atoms in total. The van der Waals surface area contributed by atoms with Gasteiger partial charge in [0.15, 0.2) is 12.8 Å². The largest absolute Gasteiger partial charge is 0.451 e. The topological polar surface area (TPSA) is 52.1 Å². The van der Waals surface area contributed by atoms with Gasteiger partial charge in [0.2, 0.25) is 0 Å². The SMILES string of the molecule is c1nc(CSSSSCc2cocn2)co1. The van der Waals surface area contributed by atoms with E-state index in [4.69, 9.17) is 8.83 Å². The summed E-state index contributed by atoms with van der Waals surface area (Å²) < 4.78 is 9.75. The van der Waals surface area contributed by atoms with Gasteiger partial charge in [-0.2, -0.15) is 0 Å². The first-order valence-electron chi connectivity index (χ1n) is 4.27. The van der Waals surface area contributed by atoms with E-state index in [1.807, 2.05) is 0 Å². The van der Waals surface area contributed by atoms with Crippen LogP contribution in [0.2, 0.25) is 0 Å². The molecule has 0 aliphatic carbocycles. The molecule has 0 radical (unpaired) electrons. The van der Waals surface area contributed by atoms with Crippen molar-refractivity contribution in [2.45, 2.75) is 11.5 Å². The monoisotopic (exact) mass is 292 g/mol. The molecule has 0 aromatic carbocycles. The smallest absolute Gasteiger partial charge is 0.180 e. The van der Waals surface area contributed by atoms with Crippen molar-refractivity contribution >= 4 is 41.2 Å². The highest BCUT2D eigenvalue weighted by molar-refractivity contribution is 9.25. The molecule has 0 atom stereocenters. The zero-order valence-corrected chi connectivity index (χ0v) is 11.3. The fourth-order valence-corrected chi connectivity index (χ4v) is 6.47. The fraction of sp³-hybridized carbons (Fsp3) is 0.250. The average Bonchev–Trinajstić information content (AvgIpc) is 2.96. The molecule has 0 fully saturated rings. The number of nitrogens with zero attached hydrogens (tertiary/aromatic N) is 2. The van der Waals surface area contributed by atoms with Crippen LogP contribution in [0.1, 0.15) is 11.4 Å². The summed E-state index contributed by atoms with van der Waals surface area (Å²) in [7, 11) is 6.94. The minimum atomic E-state index is 0.860. The summed E-state index contributed by atoms with van der Waals surface area (Å²) in [4.78, 5) is 8.07. The van der Waals surface area contributed by atoms with Gasteiger partial charge in [0.25, 0.3) is 0 Å². The maximum Gasteiger partial charge on any atom is 0.180 e. The molecule has 2 aromatic rings. The number of hydrogen-bond acceptors (Lipinski definition) is 8. The minimum absolute atomic E-state index is 0.860. The molecule has 0 saturated carbocycles. The first kappa shape index (κ1) is 12.3. The van der Waals surface area contributed by atoms with E-state index >= 15 is 0 Å². The third kappa shape index (κ3) is 4.36. The van der Waals surface area contributed by atoms with Crippen molar-refractivity contribution in [3.63, 3.8) is 0 Å². The lowest BCUT2D eigenvalue weighted by Crippen LogP contribution is -1.75. The van der Waals surface area contributed by atoms with E-state index in [-0.39, 0.29) is 0 Å². The second-order valence-electron chi connectivity index (χ2n) is 2.62. The first-order valence-corrected chi connectivity index (χ1v) is 9.42. The summed E-state index contributed by atoms with van der Waals surface area (Å²) in [5.41, 5.74) is 1.94. The Morgan fingerprint density at radius 1 is 0.875 bits per heavy atom. The predicted octanol–water partition coefficient (Wildman–Crippen LogP) is 4.04. The van der Waals surface area contributed by atoms with Crippen molar-refractivity contribution in [2.75, 3.05) is 0 Å². The van der Waals surface area contributed by atoms with Gasteiger partial charge in [-0.3, -0.25) is 0 Å². The second-order valence-corrected chi connectivity index (χ2v) is 8.62. The molecule has 0 aliphatic heterocycles. The third-order valence-corrected chi connectivity index (χ3v) is 7.76. The van der Waals surface area contributed by atoms with E-state index in [0.29, 0.717) is 0 Å². The van der Waals surface area contributed by atoms with E-state index in [0.717, 1.165) is 22.9 Å². The third-order valence-electron chi connectivity index (χ3n) is 1.50. The molecular weight excluding hydrogens is 284 g/mol. The van der Waals surface area contributed by atoms with E-state index in [1.165, 1.54) is 12.8 Å². The molecule has 0 aliphatic rings. The van der Waals surface area contributed by atoms with E-state index < -0.39 is 0 Å². The van der Waals surface area contributed by atoms with Gasteiger partial charge in [-0.25, -0.2) is 9.97 Å². The van der Waals surface area contributed by atoms with Crippen LogP contribution in [0.25, 0.3) is 0 Å². The molecule has 0 amide bonds. The van der Waals surface area contributed by atoms with Crippen LogP contribution in [0.4, 0.5) is 0 Å². The van der Waals surface area contributed by atoms with E-state index in [2.05, 4.69) is 9.97 Å². The molecule has 0 spiro atoms. The molecule has 0 N–H and O–H groups in total. The molecule has 8 heteroatoms. The van der Waals surface area contributed by atoms with Crippen molar-refractivity contribution < 1.29 is 8.83 Å². The summed E-state index contributed by atoms with van der Waals surface area (Å²) in [6.45, 7) is 0. The Kier molecular flexibility index (Phi) is 5.53. The maximum atomic E-state index is 4.88. The zero-order valence-electron chi connectivity index (χ0n) is 8.07. The Hall–Kier alpha value is -0.180. The summed E-state index contributed by atoms with van der Waals surface area (Å²) >= 11 is 0. The van der Waals surface area contributed by atoms with Crippen LogP contribution in [0, 0.1) is 0 Å². The fourth-order valence-electron chi connectivity index (χ4n) is 0.826. The van der Waals surface area contributed by atoms with Gasteiger partial charge in [0.05, 0.1) is 22.9 Å². The van der Waals surface area contributed by atoms with Gasteiger partial charge >= 0.3 is 0 Å². The van der Waals surface area contributed by atoms with Crippen LogP contribution in [0.15, 0.2) is 34.1 Å². The highest BCUT2D eigenvalue weighted by Gasteiger charge is 2.00. The molecule has 16 heavy (non-hydrogen) atoms. The second kappa shape index (κ2) is 7.21. The van der Waals surface area contributed by atoms with Crippen LogP contribution >= 0.6 is 41.2 Å². The Balaban J connectivity index is 1.49. The van der Waals surface area contributed by atoms with Gasteiger partial charge in [-0.05, 0) is 19.7 Å². The highest BCUT2D eigenvalue weighted by Crippen LogP contribution is 2.45. The standard InChI is InChI=1S/C8H8N2O2S4/c1-7(9-5-11-1)3-13-15-16-14-4-8-2-12-6-10-8/h1-2,5-6H,3-4H2. The van der Waals surface area contributed by atoms with E-state index in [1.54, 1.807) is 53.8 Å². The van der Waals surface area contributed by atoms with E-state index in [9.17, 15) is 0 Å². The van der Waals surface area contributed by atoms with Gasteiger partial charge in [-0.15, -0.1) is 0 Å². The zero-order chi connectivity index (χ0) is 11.1. The number of oxazole rings is 2. The molecule has 2 aromatic heterocycles. The van der Waals surface area contributed by atoms with Gasteiger partial charge in [0, 0.05) is 0 Å². The average molecular weight is 292 g/mol. The van der Waals surface area contributed by atoms with Crippen LogP contribution in [0.3, 0.4) is 0 Å². The summed E-state index contributed by atoms with van der Waals surface area (Å²) in [6.07, 6.45) is 6.24. The normalized spacial score (nSPS) is 10.8. The molecule has 86 valence electrons. The quantitative estimate of drug-likeness (QED) is 0.560. The summed E-state index contributed by atoms with van der Waals surface area (Å²) in [5.74, 6) is 1.72. The molecule has 2 rings (SSSR count). The lowest BCUT2D eigenvalue weighted by molar-refractivity contribution is 0.556. The molecule has 0 bridgehead atoms. The minimum Gasteiger partial charge on any atom is -0.451 e. The van der Waals surface area contributed by atoms with Crippen molar-refractivity contribution in [1.29, 1.82) is 0 Å². The van der Waals surface area contributed by atoms with Crippen LogP contribution in [-0.4, -0.2) is 9.97 Å². The van der Waals surface area contributed by atoms with Gasteiger partial charge in [0.1, 0.15) is 12.5 Å². The number of rotatable bonds is 7.